The molecule has 1 N–H and O–H groups in total. The average molecular weight is 400 g/mol. The second-order valence-electron chi connectivity index (χ2n) is 9.65. The minimum atomic E-state index is -0.629. The summed E-state index contributed by atoms with van der Waals surface area (Å²) in [4.78, 5) is 12.1. The van der Waals surface area contributed by atoms with Crippen LogP contribution in [0.2, 0.25) is 5.15 Å². The minimum Gasteiger partial charge on any atom is -0.444 e. The Morgan fingerprint density at radius 2 is 1.74 bits per heavy atom. The summed E-state index contributed by atoms with van der Waals surface area (Å²) in [5.74, 6) is 0. The highest BCUT2D eigenvalue weighted by atomic mass is 35.5. The van der Waals surface area contributed by atoms with Crippen LogP contribution in [-0.2, 0) is 20.6 Å². The van der Waals surface area contributed by atoms with Crippen molar-refractivity contribution < 1.29 is 18.8 Å². The zero-order valence-electron chi connectivity index (χ0n) is 17.8. The van der Waals surface area contributed by atoms with Crippen LogP contribution < -0.4 is 10.9 Å². The smallest absolute Gasteiger partial charge is 0.444 e. The number of alkyl carbamates (subject to hydrolysis) is 1. The molecule has 0 bridgehead atoms. The van der Waals surface area contributed by atoms with Gasteiger partial charge in [-0.15, -0.1) is 0 Å². The lowest BCUT2D eigenvalue weighted by atomic mass is 9.84. The Labute approximate surface area is 167 Å². The van der Waals surface area contributed by atoms with E-state index in [0.717, 1.165) is 0 Å². The highest BCUT2D eigenvalue weighted by Crippen LogP contribution is 2.36. The molecule has 1 fully saturated rings. The first-order valence-electron chi connectivity index (χ1n) is 9.11. The second-order valence-corrected chi connectivity index (χ2v) is 10.0. The van der Waals surface area contributed by atoms with E-state index < -0.39 is 35.6 Å². The molecule has 1 saturated heterocycles. The monoisotopic (exact) mass is 399 g/mol. The maximum Gasteiger partial charge on any atom is 0.514 e. The molecule has 0 radical (unpaired) electrons. The van der Waals surface area contributed by atoms with E-state index in [9.17, 15) is 4.79 Å². The molecule has 27 heavy (non-hydrogen) atoms. The molecule has 1 amide bonds. The van der Waals surface area contributed by atoms with Crippen molar-refractivity contribution in [3.63, 3.8) is 0 Å². The highest BCUT2D eigenvalue weighted by Gasteiger charge is 2.53. The molecule has 0 aromatic carbocycles. The van der Waals surface area contributed by atoms with E-state index in [4.69, 9.17) is 25.6 Å². The summed E-state index contributed by atoms with van der Waals surface area (Å²) in [7, 11) is -0.590. The molecule has 1 aliphatic heterocycles. The maximum atomic E-state index is 12.1. The Balaban J connectivity index is 2.17. The van der Waals surface area contributed by atoms with Crippen LogP contribution in [0.15, 0.2) is 6.07 Å². The van der Waals surface area contributed by atoms with Crippen molar-refractivity contribution in [3.8, 4) is 0 Å². The number of ether oxygens (including phenoxy) is 1. The first kappa shape index (κ1) is 22.0. The summed E-state index contributed by atoms with van der Waals surface area (Å²) in [5.41, 5.74) is -1.43. The molecule has 2 rings (SSSR count). The van der Waals surface area contributed by atoms with Crippen molar-refractivity contribution in [2.75, 3.05) is 0 Å². The third kappa shape index (κ3) is 5.39. The van der Waals surface area contributed by atoms with E-state index in [1.807, 2.05) is 62.3 Å². The molecule has 1 aromatic rings. The van der Waals surface area contributed by atoms with E-state index in [1.165, 1.54) is 0 Å². The van der Waals surface area contributed by atoms with Crippen molar-refractivity contribution in [2.24, 2.45) is 0 Å². The van der Waals surface area contributed by atoms with E-state index in [1.54, 1.807) is 10.7 Å². The fourth-order valence-electron chi connectivity index (χ4n) is 2.67. The van der Waals surface area contributed by atoms with Gasteiger partial charge in [-0.05, 0) is 68.4 Å². The summed E-state index contributed by atoms with van der Waals surface area (Å²) >= 11 is 6.15. The summed E-state index contributed by atoms with van der Waals surface area (Å²) < 4.78 is 19.3. The van der Waals surface area contributed by atoms with Crippen LogP contribution >= 0.6 is 11.6 Å². The second kappa shape index (κ2) is 6.97. The molecule has 0 unspecified atom stereocenters. The molecule has 0 aliphatic carbocycles. The zero-order chi connectivity index (χ0) is 20.8. The Kier molecular flexibility index (Phi) is 5.70. The molecule has 7 nitrogen and oxygen atoms in total. The van der Waals surface area contributed by atoms with Gasteiger partial charge in [-0.2, -0.15) is 5.10 Å². The molecule has 1 aliphatic rings. The molecule has 2 heterocycles. The van der Waals surface area contributed by atoms with Crippen LogP contribution in [-0.4, -0.2) is 45.3 Å². The van der Waals surface area contributed by atoms with Gasteiger partial charge in [0.1, 0.15) is 5.60 Å². The van der Waals surface area contributed by atoms with Crippen molar-refractivity contribution in [1.82, 2.24) is 15.1 Å². The summed E-state index contributed by atoms with van der Waals surface area (Å²) in [6.07, 6.45) is -0.483. The largest absolute Gasteiger partial charge is 0.514 e. The van der Waals surface area contributed by atoms with Crippen LogP contribution in [0.5, 0.6) is 0 Å². The van der Waals surface area contributed by atoms with E-state index in [2.05, 4.69) is 10.4 Å². The molecule has 152 valence electrons. The van der Waals surface area contributed by atoms with Gasteiger partial charge in [-0.25, -0.2) is 4.79 Å². The topological polar surface area (TPSA) is 74.6 Å². The first-order valence-corrected chi connectivity index (χ1v) is 9.49. The predicted molar refractivity (Wildman–Crippen MR) is 106 cm³/mol. The van der Waals surface area contributed by atoms with E-state index in [0.29, 0.717) is 17.3 Å². The van der Waals surface area contributed by atoms with E-state index >= 15 is 0 Å². The van der Waals surface area contributed by atoms with Gasteiger partial charge in [-0.1, -0.05) is 11.6 Å². The number of aromatic nitrogens is 2. The predicted octanol–water partition coefficient (Wildman–Crippen LogP) is 3.14. The van der Waals surface area contributed by atoms with Crippen molar-refractivity contribution in [2.45, 2.75) is 91.2 Å². The number of rotatable bonds is 4. The lowest BCUT2D eigenvalue weighted by Gasteiger charge is -2.32. The zero-order valence-corrected chi connectivity index (χ0v) is 18.5. The number of nitrogens with zero attached hydrogens (tertiary/aromatic N) is 2. The summed E-state index contributed by atoms with van der Waals surface area (Å²) in [5, 5.41) is 7.56. The molecule has 0 atom stereocenters. The van der Waals surface area contributed by atoms with E-state index in [-0.39, 0.29) is 0 Å². The minimum absolute atomic E-state index is 0.341. The molecule has 9 heteroatoms. The van der Waals surface area contributed by atoms with Gasteiger partial charge in [0.25, 0.3) is 0 Å². The van der Waals surface area contributed by atoms with Crippen molar-refractivity contribution in [3.05, 3.63) is 11.2 Å². The van der Waals surface area contributed by atoms with Crippen LogP contribution in [0.1, 0.15) is 62.3 Å². The van der Waals surface area contributed by atoms with Gasteiger partial charge in [0.15, 0.2) is 5.15 Å². The van der Waals surface area contributed by atoms with Crippen molar-refractivity contribution in [1.29, 1.82) is 0 Å². The summed E-state index contributed by atoms with van der Waals surface area (Å²) in [6.45, 7) is 17.6. The van der Waals surface area contributed by atoms with Crippen molar-refractivity contribution >= 4 is 30.4 Å². The molecule has 1 aromatic heterocycles. The number of halogens is 1. The number of hydrogen-bond acceptors (Lipinski definition) is 5. The Hall–Kier alpha value is -1.25. The number of carbonyl (C=O) groups excluding carboxylic acids is 1. The first-order chi connectivity index (χ1) is 12.0. The molecule has 0 saturated carbocycles. The molecular weight excluding hydrogens is 368 g/mol. The Bertz CT molecular complexity index is 694. The maximum absolute atomic E-state index is 12.1. The average Bonchev–Trinajstić information content (AvgIpc) is 2.82. The standard InChI is InChI=1S/C18H31BClN3O4/c1-15(2,3)25-14(24)21-16(4,5)11-23-12(10-13(20)22-23)19-26-17(6,7)18(8,9)27-19/h10H,11H2,1-9H3,(H,21,24). The van der Waals surface area contributed by atoms with Crippen LogP contribution in [0.3, 0.4) is 0 Å². The van der Waals surface area contributed by atoms with Gasteiger partial charge < -0.3 is 19.4 Å². The third-order valence-electron chi connectivity index (χ3n) is 4.66. The SMILES string of the molecule is CC(C)(Cn1nc(Cl)cc1B1OC(C)(C)C(C)(C)O1)NC(=O)OC(C)(C)C. The number of nitrogens with one attached hydrogen (secondary N) is 1. The fraction of sp³-hybridized carbons (Fsp3) is 0.778. The number of carbonyl (C=O) groups is 1. The lowest BCUT2D eigenvalue weighted by molar-refractivity contribution is 0.00578. The van der Waals surface area contributed by atoms with Crippen LogP contribution in [0.25, 0.3) is 0 Å². The highest BCUT2D eigenvalue weighted by molar-refractivity contribution is 6.61. The van der Waals surface area contributed by atoms with Gasteiger partial charge >= 0.3 is 13.2 Å². The van der Waals surface area contributed by atoms with Gasteiger partial charge in [0, 0.05) is 0 Å². The van der Waals surface area contributed by atoms with Gasteiger partial charge in [0.05, 0.1) is 28.9 Å². The van der Waals surface area contributed by atoms with Gasteiger partial charge in [0.2, 0.25) is 0 Å². The molecule has 0 spiro atoms. The molecular formula is C18H31BClN3O4. The van der Waals surface area contributed by atoms with Gasteiger partial charge in [-0.3, -0.25) is 4.68 Å². The lowest BCUT2D eigenvalue weighted by Crippen LogP contribution is -2.51. The van der Waals surface area contributed by atoms with Crippen LogP contribution in [0, 0.1) is 0 Å². The number of hydrogen-bond donors (Lipinski definition) is 1. The summed E-state index contributed by atoms with van der Waals surface area (Å²) in [6, 6.07) is 1.73. The quantitative estimate of drug-likeness (QED) is 0.787. The normalized spacial score (nSPS) is 19.3. The number of amides is 1. The fourth-order valence-corrected chi connectivity index (χ4v) is 2.88. The third-order valence-corrected chi connectivity index (χ3v) is 4.85. The Morgan fingerprint density at radius 1 is 1.22 bits per heavy atom. The Morgan fingerprint density at radius 3 is 2.22 bits per heavy atom. The van der Waals surface area contributed by atoms with Crippen LogP contribution in [0.4, 0.5) is 4.79 Å².